The molecule has 0 bridgehead atoms. The first-order chi connectivity index (χ1) is 12.6. The summed E-state index contributed by atoms with van der Waals surface area (Å²) in [5.41, 5.74) is 2.66. The van der Waals surface area contributed by atoms with Crippen molar-refractivity contribution in [3.63, 3.8) is 0 Å². The Morgan fingerprint density at radius 1 is 1.15 bits per heavy atom. The number of benzene rings is 1. The molecule has 0 aliphatic carbocycles. The highest BCUT2D eigenvalue weighted by Crippen LogP contribution is 2.19. The molecular weight excluding hydrogens is 333 g/mol. The zero-order chi connectivity index (χ0) is 18.5. The number of aryl methyl sites for hydroxylation is 2. The highest BCUT2D eigenvalue weighted by molar-refractivity contribution is 5.73. The van der Waals surface area contributed by atoms with Gasteiger partial charge in [-0.25, -0.2) is 4.39 Å². The number of nitrogens with zero attached hydrogens (tertiary/aromatic N) is 3. The standard InChI is InChI=1S/C20H24FN3O2/c1-15(25)23-9-11-24(12-10-23)18-7-6-17(22-14-18)5-3-16-4-8-19(26-2)13-20(16)21/h4,6-8,13-14H,3,5,9-12H2,1-2H3. The number of anilines is 1. The van der Waals surface area contributed by atoms with Gasteiger partial charge in [0, 0.05) is 44.9 Å². The van der Waals surface area contributed by atoms with E-state index in [0.29, 0.717) is 24.2 Å². The van der Waals surface area contributed by atoms with E-state index in [9.17, 15) is 9.18 Å². The molecule has 138 valence electrons. The minimum atomic E-state index is -0.246. The number of rotatable bonds is 5. The molecule has 3 rings (SSSR count). The fraction of sp³-hybridized carbons (Fsp3) is 0.400. The van der Waals surface area contributed by atoms with Crippen LogP contribution in [0.2, 0.25) is 0 Å². The van der Waals surface area contributed by atoms with E-state index >= 15 is 0 Å². The Labute approximate surface area is 153 Å². The van der Waals surface area contributed by atoms with Crippen LogP contribution >= 0.6 is 0 Å². The van der Waals surface area contributed by atoms with Crippen LogP contribution in [0.1, 0.15) is 18.2 Å². The number of hydrogen-bond donors (Lipinski definition) is 0. The number of hydrogen-bond acceptors (Lipinski definition) is 4. The number of pyridine rings is 1. The van der Waals surface area contributed by atoms with Crippen LogP contribution in [0.3, 0.4) is 0 Å². The van der Waals surface area contributed by atoms with Crippen LogP contribution < -0.4 is 9.64 Å². The second-order valence-corrected chi connectivity index (χ2v) is 6.46. The van der Waals surface area contributed by atoms with Gasteiger partial charge in [0.1, 0.15) is 11.6 Å². The first-order valence-corrected chi connectivity index (χ1v) is 8.84. The molecule has 2 heterocycles. The highest BCUT2D eigenvalue weighted by Gasteiger charge is 2.18. The average Bonchev–Trinajstić information content (AvgIpc) is 2.67. The zero-order valence-corrected chi connectivity index (χ0v) is 15.2. The third kappa shape index (κ3) is 4.31. The third-order valence-corrected chi connectivity index (χ3v) is 4.81. The molecule has 1 fully saturated rings. The van der Waals surface area contributed by atoms with Crippen molar-refractivity contribution in [1.82, 2.24) is 9.88 Å². The maximum atomic E-state index is 14.0. The Balaban J connectivity index is 1.56. The van der Waals surface area contributed by atoms with Crippen LogP contribution in [0.25, 0.3) is 0 Å². The van der Waals surface area contributed by atoms with Crippen LogP contribution in [-0.2, 0) is 17.6 Å². The molecular formula is C20H24FN3O2. The van der Waals surface area contributed by atoms with Crippen LogP contribution in [0.5, 0.6) is 5.75 Å². The van der Waals surface area contributed by atoms with Gasteiger partial charge < -0.3 is 14.5 Å². The Morgan fingerprint density at radius 2 is 1.92 bits per heavy atom. The van der Waals surface area contributed by atoms with E-state index in [1.165, 1.54) is 13.2 Å². The number of amides is 1. The molecule has 0 saturated carbocycles. The molecule has 1 amide bonds. The molecule has 5 nitrogen and oxygen atoms in total. The summed E-state index contributed by atoms with van der Waals surface area (Å²) in [4.78, 5) is 20.0. The number of carbonyl (C=O) groups excluding carboxylic acids is 1. The topological polar surface area (TPSA) is 45.7 Å². The molecule has 0 radical (unpaired) electrons. The van der Waals surface area contributed by atoms with Gasteiger partial charge in [-0.05, 0) is 36.6 Å². The number of piperazine rings is 1. The van der Waals surface area contributed by atoms with E-state index in [1.807, 2.05) is 17.2 Å². The molecule has 0 N–H and O–H groups in total. The molecule has 26 heavy (non-hydrogen) atoms. The van der Waals surface area contributed by atoms with Crippen LogP contribution in [0.4, 0.5) is 10.1 Å². The van der Waals surface area contributed by atoms with Gasteiger partial charge in [-0.15, -0.1) is 0 Å². The predicted octanol–water partition coefficient (Wildman–Crippen LogP) is 2.68. The maximum absolute atomic E-state index is 14.0. The molecule has 1 aliphatic rings. The quantitative estimate of drug-likeness (QED) is 0.825. The second-order valence-electron chi connectivity index (χ2n) is 6.46. The van der Waals surface area contributed by atoms with Gasteiger partial charge in [0.15, 0.2) is 0 Å². The Hall–Kier alpha value is -2.63. The van der Waals surface area contributed by atoms with E-state index in [2.05, 4.69) is 16.0 Å². The van der Waals surface area contributed by atoms with Gasteiger partial charge in [-0.1, -0.05) is 6.07 Å². The molecule has 0 unspecified atom stereocenters. The Bertz CT molecular complexity index is 756. The van der Waals surface area contributed by atoms with Gasteiger partial charge in [-0.2, -0.15) is 0 Å². The molecule has 0 spiro atoms. The van der Waals surface area contributed by atoms with Gasteiger partial charge in [-0.3, -0.25) is 9.78 Å². The van der Waals surface area contributed by atoms with Crippen molar-refractivity contribution in [3.8, 4) is 5.75 Å². The van der Waals surface area contributed by atoms with Crippen molar-refractivity contribution in [2.24, 2.45) is 0 Å². The van der Waals surface area contributed by atoms with Crippen molar-refractivity contribution in [3.05, 3.63) is 53.6 Å². The fourth-order valence-electron chi connectivity index (χ4n) is 3.15. The number of carbonyl (C=O) groups is 1. The molecule has 1 aliphatic heterocycles. The summed E-state index contributed by atoms with van der Waals surface area (Å²) < 4.78 is 19.0. The van der Waals surface area contributed by atoms with E-state index in [-0.39, 0.29) is 11.7 Å². The minimum Gasteiger partial charge on any atom is -0.497 e. The summed E-state index contributed by atoms with van der Waals surface area (Å²) in [5.74, 6) is 0.409. The third-order valence-electron chi connectivity index (χ3n) is 4.81. The lowest BCUT2D eigenvalue weighted by atomic mass is 10.1. The summed E-state index contributed by atoms with van der Waals surface area (Å²) in [6.45, 7) is 4.73. The number of ether oxygens (including phenoxy) is 1. The molecule has 1 saturated heterocycles. The summed E-state index contributed by atoms with van der Waals surface area (Å²) >= 11 is 0. The van der Waals surface area contributed by atoms with Gasteiger partial charge in [0.2, 0.25) is 5.91 Å². The number of halogens is 1. The lowest BCUT2D eigenvalue weighted by Crippen LogP contribution is -2.48. The highest BCUT2D eigenvalue weighted by atomic mass is 19.1. The zero-order valence-electron chi connectivity index (χ0n) is 15.2. The predicted molar refractivity (Wildman–Crippen MR) is 99.1 cm³/mol. The molecule has 1 aromatic heterocycles. The van der Waals surface area contributed by atoms with E-state index < -0.39 is 0 Å². The van der Waals surface area contributed by atoms with Gasteiger partial charge in [0.05, 0.1) is 19.0 Å². The number of aromatic nitrogens is 1. The largest absolute Gasteiger partial charge is 0.497 e. The normalized spacial score (nSPS) is 14.4. The van der Waals surface area contributed by atoms with E-state index in [0.717, 1.165) is 37.6 Å². The molecule has 1 aromatic carbocycles. The Kier molecular flexibility index (Phi) is 5.71. The summed E-state index contributed by atoms with van der Waals surface area (Å²) in [6, 6.07) is 8.99. The van der Waals surface area contributed by atoms with Crippen LogP contribution in [0, 0.1) is 5.82 Å². The summed E-state index contributed by atoms with van der Waals surface area (Å²) in [7, 11) is 1.53. The first kappa shape index (κ1) is 18.2. The van der Waals surface area contributed by atoms with Gasteiger partial charge in [0.25, 0.3) is 0 Å². The fourth-order valence-corrected chi connectivity index (χ4v) is 3.15. The van der Waals surface area contributed by atoms with Crippen molar-refractivity contribution < 1.29 is 13.9 Å². The van der Waals surface area contributed by atoms with Crippen molar-refractivity contribution in [2.75, 3.05) is 38.2 Å². The van der Waals surface area contributed by atoms with Crippen LogP contribution in [-0.4, -0.2) is 49.1 Å². The lowest BCUT2D eigenvalue weighted by molar-refractivity contribution is -0.129. The van der Waals surface area contributed by atoms with Crippen molar-refractivity contribution >= 4 is 11.6 Å². The monoisotopic (exact) mass is 357 g/mol. The molecule has 6 heteroatoms. The molecule has 2 aromatic rings. The van der Waals surface area contributed by atoms with Crippen molar-refractivity contribution in [2.45, 2.75) is 19.8 Å². The smallest absolute Gasteiger partial charge is 0.219 e. The van der Waals surface area contributed by atoms with E-state index in [4.69, 9.17) is 4.74 Å². The minimum absolute atomic E-state index is 0.129. The van der Waals surface area contributed by atoms with E-state index in [1.54, 1.807) is 19.1 Å². The maximum Gasteiger partial charge on any atom is 0.219 e. The summed E-state index contributed by atoms with van der Waals surface area (Å²) in [6.07, 6.45) is 3.14. The van der Waals surface area contributed by atoms with Crippen LogP contribution in [0.15, 0.2) is 36.5 Å². The summed E-state index contributed by atoms with van der Waals surface area (Å²) in [5, 5.41) is 0. The van der Waals surface area contributed by atoms with Gasteiger partial charge >= 0.3 is 0 Å². The first-order valence-electron chi connectivity index (χ1n) is 8.84. The SMILES string of the molecule is COc1ccc(CCc2ccc(N3CCN(C(C)=O)CC3)cn2)c(F)c1. The Morgan fingerprint density at radius 3 is 2.50 bits per heavy atom. The lowest BCUT2D eigenvalue weighted by Gasteiger charge is -2.35. The average molecular weight is 357 g/mol. The van der Waals surface area contributed by atoms with Crippen molar-refractivity contribution in [1.29, 1.82) is 0 Å². The number of methoxy groups -OCH3 is 1. The molecule has 0 atom stereocenters. The second kappa shape index (κ2) is 8.17.